The zero-order chi connectivity index (χ0) is 18.5. The van der Waals surface area contributed by atoms with Crippen LogP contribution in [-0.2, 0) is 16.0 Å². The molecule has 1 saturated heterocycles. The zero-order valence-electron chi connectivity index (χ0n) is 14.7. The monoisotopic (exact) mass is 354 g/mol. The Morgan fingerprint density at radius 1 is 1.19 bits per heavy atom. The van der Waals surface area contributed by atoms with Gasteiger partial charge in [-0.15, -0.1) is 0 Å². The molecule has 1 aliphatic heterocycles. The third-order valence-electron chi connectivity index (χ3n) is 4.85. The van der Waals surface area contributed by atoms with E-state index in [9.17, 15) is 14.7 Å². The van der Waals surface area contributed by atoms with Crippen LogP contribution >= 0.6 is 0 Å². The van der Waals surface area contributed by atoms with Gasteiger partial charge in [0.15, 0.2) is 0 Å². The fraction of sp³-hybridized carbons (Fsp3) is 0.350. The van der Waals surface area contributed by atoms with Crippen molar-refractivity contribution in [3.05, 3.63) is 59.9 Å². The molecule has 1 N–H and O–H groups in total. The van der Waals surface area contributed by atoms with E-state index in [0.29, 0.717) is 25.1 Å². The number of carboxylic acids is 1. The average Bonchev–Trinajstić information content (AvgIpc) is 3.12. The van der Waals surface area contributed by atoms with Crippen molar-refractivity contribution in [2.45, 2.75) is 18.8 Å². The number of ether oxygens (including phenoxy) is 1. The van der Waals surface area contributed by atoms with Gasteiger partial charge < -0.3 is 14.7 Å². The van der Waals surface area contributed by atoms with Crippen molar-refractivity contribution >= 4 is 11.9 Å². The first-order chi connectivity index (χ1) is 12.6. The number of carbonyl (C=O) groups excluding carboxylic acids is 1. The molecule has 2 heterocycles. The number of hydrogen-bond acceptors (Lipinski definition) is 4. The molecular weight excluding hydrogens is 332 g/mol. The van der Waals surface area contributed by atoms with E-state index in [4.69, 9.17) is 4.74 Å². The van der Waals surface area contributed by atoms with Crippen LogP contribution in [-0.4, -0.2) is 47.1 Å². The summed E-state index contributed by atoms with van der Waals surface area (Å²) in [6, 6.07) is 13.0. The maximum absolute atomic E-state index is 12.6. The topological polar surface area (TPSA) is 79.7 Å². The summed E-state index contributed by atoms with van der Waals surface area (Å²) >= 11 is 0. The summed E-state index contributed by atoms with van der Waals surface area (Å²) in [6.45, 7) is 0.609. The average molecular weight is 354 g/mol. The highest BCUT2D eigenvalue weighted by atomic mass is 16.5. The Hall–Kier alpha value is -2.89. The molecule has 0 spiro atoms. The number of pyridine rings is 1. The van der Waals surface area contributed by atoms with Crippen molar-refractivity contribution in [2.75, 3.05) is 20.2 Å². The van der Waals surface area contributed by atoms with E-state index in [1.807, 2.05) is 42.5 Å². The lowest BCUT2D eigenvalue weighted by molar-refractivity contribution is -0.141. The molecule has 2 aromatic rings. The van der Waals surface area contributed by atoms with Crippen molar-refractivity contribution in [2.24, 2.45) is 5.92 Å². The standard InChI is InChI=1S/C20H22N2O4/c1-26-18-8-3-2-7-15(18)16-12-22(13-17(16)20(24)25)19(23)10-9-14-6-4-5-11-21-14/h2-8,11,16-17H,9-10,12-13H2,1H3,(H,24,25)/t16-,17+/m0/s1. The molecule has 0 radical (unpaired) electrons. The van der Waals surface area contributed by atoms with Crippen LogP contribution in [0, 0.1) is 5.92 Å². The molecule has 1 aromatic heterocycles. The van der Waals surface area contributed by atoms with Gasteiger partial charge in [-0.25, -0.2) is 0 Å². The van der Waals surface area contributed by atoms with Gasteiger partial charge in [-0.1, -0.05) is 24.3 Å². The van der Waals surface area contributed by atoms with Gasteiger partial charge >= 0.3 is 5.97 Å². The molecule has 0 bridgehead atoms. The predicted octanol–water partition coefficient (Wildman–Crippen LogP) is 2.35. The van der Waals surface area contributed by atoms with Gasteiger partial charge in [0.05, 0.1) is 13.0 Å². The summed E-state index contributed by atoms with van der Waals surface area (Å²) in [5.41, 5.74) is 1.69. The van der Waals surface area contributed by atoms with Crippen LogP contribution in [0.1, 0.15) is 23.6 Å². The number of amides is 1. The van der Waals surface area contributed by atoms with Gasteiger partial charge in [-0.05, 0) is 30.2 Å². The molecule has 26 heavy (non-hydrogen) atoms. The highest BCUT2D eigenvalue weighted by Gasteiger charge is 2.41. The molecular formula is C20H22N2O4. The third kappa shape index (κ3) is 3.85. The zero-order valence-corrected chi connectivity index (χ0v) is 14.7. The van der Waals surface area contributed by atoms with Gasteiger partial charge in [0.2, 0.25) is 5.91 Å². The van der Waals surface area contributed by atoms with Gasteiger partial charge in [-0.2, -0.15) is 0 Å². The Morgan fingerprint density at radius 3 is 2.65 bits per heavy atom. The molecule has 0 saturated carbocycles. The van der Waals surface area contributed by atoms with Crippen LogP contribution in [0.4, 0.5) is 0 Å². The van der Waals surface area contributed by atoms with E-state index in [1.54, 1.807) is 18.2 Å². The van der Waals surface area contributed by atoms with Gasteiger partial charge in [-0.3, -0.25) is 14.6 Å². The molecule has 1 amide bonds. The molecule has 2 atom stereocenters. The molecule has 6 heteroatoms. The summed E-state index contributed by atoms with van der Waals surface area (Å²) in [7, 11) is 1.57. The van der Waals surface area contributed by atoms with Crippen molar-refractivity contribution in [3.8, 4) is 5.75 Å². The lowest BCUT2D eigenvalue weighted by Gasteiger charge is -2.18. The number of aryl methyl sites for hydroxylation is 1. The van der Waals surface area contributed by atoms with Crippen molar-refractivity contribution in [1.29, 1.82) is 0 Å². The second kappa shape index (κ2) is 7.99. The van der Waals surface area contributed by atoms with Gasteiger partial charge in [0.1, 0.15) is 5.75 Å². The minimum absolute atomic E-state index is 0.0423. The Kier molecular flexibility index (Phi) is 5.51. The van der Waals surface area contributed by atoms with Crippen LogP contribution in [0.25, 0.3) is 0 Å². The van der Waals surface area contributed by atoms with Crippen molar-refractivity contribution in [1.82, 2.24) is 9.88 Å². The Labute approximate surface area is 152 Å². The van der Waals surface area contributed by atoms with E-state index in [0.717, 1.165) is 11.3 Å². The van der Waals surface area contributed by atoms with Crippen LogP contribution in [0.3, 0.4) is 0 Å². The first-order valence-corrected chi connectivity index (χ1v) is 8.63. The van der Waals surface area contributed by atoms with Gasteiger partial charge in [0, 0.05) is 37.3 Å². The summed E-state index contributed by atoms with van der Waals surface area (Å²) < 4.78 is 5.38. The maximum atomic E-state index is 12.6. The maximum Gasteiger partial charge on any atom is 0.308 e. The third-order valence-corrected chi connectivity index (χ3v) is 4.85. The number of aromatic nitrogens is 1. The molecule has 1 aliphatic rings. The normalized spacial score (nSPS) is 19.3. The molecule has 0 unspecified atom stereocenters. The van der Waals surface area contributed by atoms with Crippen LogP contribution in [0.2, 0.25) is 0 Å². The number of carbonyl (C=O) groups is 2. The first kappa shape index (κ1) is 17.9. The highest BCUT2D eigenvalue weighted by Crippen LogP contribution is 2.37. The fourth-order valence-corrected chi connectivity index (χ4v) is 3.48. The Bertz CT molecular complexity index is 778. The molecule has 0 aliphatic carbocycles. The SMILES string of the molecule is COc1ccccc1[C@@H]1CN(C(=O)CCc2ccccn2)C[C@H]1C(=O)O. The fourth-order valence-electron chi connectivity index (χ4n) is 3.48. The van der Waals surface area contributed by atoms with E-state index in [1.165, 1.54) is 0 Å². The number of benzene rings is 1. The van der Waals surface area contributed by atoms with E-state index in [2.05, 4.69) is 4.98 Å². The van der Waals surface area contributed by atoms with Crippen LogP contribution in [0.15, 0.2) is 48.7 Å². The first-order valence-electron chi connectivity index (χ1n) is 8.63. The number of para-hydroxylation sites is 1. The Balaban J connectivity index is 1.72. The molecule has 136 valence electrons. The molecule has 1 aromatic carbocycles. The molecule has 6 nitrogen and oxygen atoms in total. The van der Waals surface area contributed by atoms with Crippen LogP contribution < -0.4 is 4.74 Å². The van der Waals surface area contributed by atoms with Crippen molar-refractivity contribution < 1.29 is 19.4 Å². The molecule has 3 rings (SSSR count). The minimum atomic E-state index is -0.888. The number of rotatable bonds is 6. The quantitative estimate of drug-likeness (QED) is 0.861. The Morgan fingerprint density at radius 2 is 1.96 bits per heavy atom. The largest absolute Gasteiger partial charge is 0.496 e. The minimum Gasteiger partial charge on any atom is -0.496 e. The smallest absolute Gasteiger partial charge is 0.308 e. The second-order valence-electron chi connectivity index (χ2n) is 6.41. The number of aliphatic carboxylic acids is 1. The van der Waals surface area contributed by atoms with E-state index in [-0.39, 0.29) is 18.4 Å². The summed E-state index contributed by atoms with van der Waals surface area (Å²) in [6.07, 6.45) is 2.57. The summed E-state index contributed by atoms with van der Waals surface area (Å²) in [5.74, 6) is -1.18. The number of carboxylic acid groups (broad SMARTS) is 1. The summed E-state index contributed by atoms with van der Waals surface area (Å²) in [5, 5.41) is 9.63. The van der Waals surface area contributed by atoms with E-state index >= 15 is 0 Å². The predicted molar refractivity (Wildman–Crippen MR) is 96.0 cm³/mol. The lowest BCUT2D eigenvalue weighted by atomic mass is 9.88. The number of likely N-dealkylation sites (tertiary alicyclic amines) is 1. The van der Waals surface area contributed by atoms with E-state index < -0.39 is 11.9 Å². The van der Waals surface area contributed by atoms with Gasteiger partial charge in [0.25, 0.3) is 0 Å². The summed E-state index contributed by atoms with van der Waals surface area (Å²) in [4.78, 5) is 30.2. The number of hydrogen-bond donors (Lipinski definition) is 1. The lowest BCUT2D eigenvalue weighted by Crippen LogP contribution is -2.30. The second-order valence-corrected chi connectivity index (χ2v) is 6.41. The number of nitrogens with zero attached hydrogens (tertiary/aromatic N) is 2. The molecule has 1 fully saturated rings. The number of methoxy groups -OCH3 is 1. The van der Waals surface area contributed by atoms with Crippen LogP contribution in [0.5, 0.6) is 5.75 Å². The highest BCUT2D eigenvalue weighted by molar-refractivity contribution is 5.80. The van der Waals surface area contributed by atoms with Crippen molar-refractivity contribution in [3.63, 3.8) is 0 Å².